The SMILES string of the molecule is Cc1sc(-c2ccco2)nc1C(=O)Nc1ccccc1N1CCN(C)CC1. The van der Waals surface area contributed by atoms with E-state index < -0.39 is 0 Å². The lowest BCUT2D eigenvalue weighted by Gasteiger charge is -2.35. The summed E-state index contributed by atoms with van der Waals surface area (Å²) in [5.41, 5.74) is 2.32. The number of nitrogens with one attached hydrogen (secondary N) is 1. The normalized spacial score (nSPS) is 15.1. The van der Waals surface area contributed by atoms with Crippen LogP contribution in [0.2, 0.25) is 0 Å². The molecule has 1 fully saturated rings. The highest BCUT2D eigenvalue weighted by Gasteiger charge is 2.21. The van der Waals surface area contributed by atoms with E-state index in [0.29, 0.717) is 11.5 Å². The third-order valence-electron chi connectivity index (χ3n) is 4.74. The maximum atomic E-state index is 12.9. The molecule has 7 heteroatoms. The Hall–Kier alpha value is -2.64. The third-order valence-corrected chi connectivity index (χ3v) is 5.73. The summed E-state index contributed by atoms with van der Waals surface area (Å²) in [5, 5.41) is 3.77. The van der Waals surface area contributed by atoms with Crippen molar-refractivity contribution in [3.63, 3.8) is 0 Å². The van der Waals surface area contributed by atoms with Crippen LogP contribution in [0.5, 0.6) is 0 Å². The van der Waals surface area contributed by atoms with E-state index in [2.05, 4.69) is 33.2 Å². The van der Waals surface area contributed by atoms with Crippen LogP contribution >= 0.6 is 11.3 Å². The Morgan fingerprint density at radius 3 is 2.67 bits per heavy atom. The van der Waals surface area contributed by atoms with Crippen LogP contribution < -0.4 is 10.2 Å². The molecule has 1 aliphatic heterocycles. The summed E-state index contributed by atoms with van der Waals surface area (Å²) < 4.78 is 5.40. The molecule has 0 unspecified atom stereocenters. The minimum atomic E-state index is -0.192. The van der Waals surface area contributed by atoms with Crippen LogP contribution in [0.3, 0.4) is 0 Å². The average Bonchev–Trinajstić information content (AvgIpc) is 3.32. The second-order valence-corrected chi connectivity index (χ2v) is 7.87. The summed E-state index contributed by atoms with van der Waals surface area (Å²) in [6.45, 7) is 5.83. The lowest BCUT2D eigenvalue weighted by atomic mass is 10.2. The summed E-state index contributed by atoms with van der Waals surface area (Å²) in [4.78, 5) is 22.9. The molecule has 6 nitrogen and oxygen atoms in total. The molecule has 0 saturated carbocycles. The molecule has 27 heavy (non-hydrogen) atoms. The predicted molar refractivity (Wildman–Crippen MR) is 109 cm³/mol. The summed E-state index contributed by atoms with van der Waals surface area (Å²) in [5.74, 6) is 0.489. The van der Waals surface area contributed by atoms with Gasteiger partial charge in [-0.25, -0.2) is 4.98 Å². The third kappa shape index (κ3) is 3.74. The fourth-order valence-electron chi connectivity index (χ4n) is 3.20. The molecule has 1 aromatic carbocycles. The van der Waals surface area contributed by atoms with Gasteiger partial charge in [-0.15, -0.1) is 11.3 Å². The molecule has 0 radical (unpaired) electrons. The number of nitrogens with zero attached hydrogens (tertiary/aromatic N) is 3. The molecule has 1 aliphatic rings. The number of aryl methyl sites for hydroxylation is 1. The minimum Gasteiger partial charge on any atom is -0.462 e. The number of likely N-dealkylation sites (N-methyl/N-ethyl adjacent to an activating group) is 1. The molecule has 3 heterocycles. The number of carbonyl (C=O) groups excluding carboxylic acids is 1. The summed E-state index contributed by atoms with van der Waals surface area (Å²) in [6.07, 6.45) is 1.61. The Balaban J connectivity index is 1.55. The molecular formula is C20H22N4O2S. The van der Waals surface area contributed by atoms with Gasteiger partial charge in [0.15, 0.2) is 10.8 Å². The number of para-hydroxylation sites is 2. The maximum Gasteiger partial charge on any atom is 0.275 e. The van der Waals surface area contributed by atoms with E-state index in [1.165, 1.54) is 11.3 Å². The Morgan fingerprint density at radius 2 is 1.93 bits per heavy atom. The van der Waals surface area contributed by atoms with Gasteiger partial charge in [-0.05, 0) is 38.2 Å². The minimum absolute atomic E-state index is 0.192. The number of piperazine rings is 1. The van der Waals surface area contributed by atoms with E-state index in [9.17, 15) is 4.79 Å². The second-order valence-electron chi connectivity index (χ2n) is 6.66. The number of anilines is 2. The predicted octanol–water partition coefficient (Wildman–Crippen LogP) is 3.72. The van der Waals surface area contributed by atoms with Crippen LogP contribution in [0.1, 0.15) is 15.4 Å². The molecule has 1 amide bonds. The van der Waals surface area contributed by atoms with E-state index in [4.69, 9.17) is 4.42 Å². The average molecular weight is 382 g/mol. The van der Waals surface area contributed by atoms with E-state index in [-0.39, 0.29) is 5.91 Å². The number of furan rings is 1. The fraction of sp³-hybridized carbons (Fsp3) is 0.300. The number of thiazole rings is 1. The van der Waals surface area contributed by atoms with Crippen LogP contribution in [0.4, 0.5) is 11.4 Å². The van der Waals surface area contributed by atoms with Crippen LogP contribution in [0.15, 0.2) is 47.1 Å². The van der Waals surface area contributed by atoms with Crippen molar-refractivity contribution in [2.75, 3.05) is 43.4 Å². The molecular weight excluding hydrogens is 360 g/mol. The summed E-state index contributed by atoms with van der Waals surface area (Å²) in [6, 6.07) is 11.6. The Kier molecular flexibility index (Phi) is 4.96. The first-order valence-electron chi connectivity index (χ1n) is 8.97. The summed E-state index contributed by atoms with van der Waals surface area (Å²) in [7, 11) is 2.13. The zero-order valence-corrected chi connectivity index (χ0v) is 16.3. The van der Waals surface area contributed by atoms with Gasteiger partial charge in [0.1, 0.15) is 5.69 Å². The first kappa shape index (κ1) is 17.8. The lowest BCUT2D eigenvalue weighted by molar-refractivity contribution is 0.102. The van der Waals surface area contributed by atoms with Crippen LogP contribution in [0.25, 0.3) is 10.8 Å². The number of amides is 1. The van der Waals surface area contributed by atoms with Gasteiger partial charge >= 0.3 is 0 Å². The monoisotopic (exact) mass is 382 g/mol. The van der Waals surface area contributed by atoms with Crippen LogP contribution in [-0.4, -0.2) is 49.0 Å². The van der Waals surface area contributed by atoms with Crippen molar-refractivity contribution in [1.29, 1.82) is 0 Å². The fourth-order valence-corrected chi connectivity index (χ4v) is 4.08. The second kappa shape index (κ2) is 7.54. The van der Waals surface area contributed by atoms with E-state index in [1.54, 1.807) is 6.26 Å². The van der Waals surface area contributed by atoms with E-state index in [0.717, 1.165) is 47.4 Å². The molecule has 0 spiro atoms. The van der Waals surface area contributed by atoms with Crippen molar-refractivity contribution in [2.45, 2.75) is 6.92 Å². The zero-order chi connectivity index (χ0) is 18.8. The van der Waals surface area contributed by atoms with Crippen molar-refractivity contribution in [3.05, 3.63) is 53.2 Å². The highest BCUT2D eigenvalue weighted by Crippen LogP contribution is 2.30. The first-order valence-corrected chi connectivity index (χ1v) is 9.78. The molecule has 1 N–H and O–H groups in total. The highest BCUT2D eigenvalue weighted by atomic mass is 32.1. The standard InChI is InChI=1S/C20H22N4O2S/c1-14-18(22-20(27-14)17-8-5-13-26-17)19(25)21-15-6-3-4-7-16(15)24-11-9-23(2)10-12-24/h3-8,13H,9-12H2,1-2H3,(H,21,25). The van der Waals surface area contributed by atoms with Gasteiger partial charge in [0.2, 0.25) is 0 Å². The Morgan fingerprint density at radius 1 is 1.15 bits per heavy atom. The van der Waals surface area contributed by atoms with Gasteiger partial charge in [0.05, 0.1) is 17.6 Å². The number of rotatable bonds is 4. The van der Waals surface area contributed by atoms with Crippen molar-refractivity contribution < 1.29 is 9.21 Å². The first-order chi connectivity index (χ1) is 13.1. The van der Waals surface area contributed by atoms with Gasteiger partial charge in [0, 0.05) is 31.1 Å². The van der Waals surface area contributed by atoms with Crippen molar-refractivity contribution in [1.82, 2.24) is 9.88 Å². The van der Waals surface area contributed by atoms with Crippen LogP contribution in [0, 0.1) is 6.92 Å². The van der Waals surface area contributed by atoms with Crippen molar-refractivity contribution in [2.24, 2.45) is 0 Å². The summed E-state index contributed by atoms with van der Waals surface area (Å²) >= 11 is 1.46. The number of carbonyl (C=O) groups is 1. The lowest BCUT2D eigenvalue weighted by Crippen LogP contribution is -2.44. The van der Waals surface area contributed by atoms with Gasteiger partial charge in [-0.1, -0.05) is 12.1 Å². The molecule has 1 saturated heterocycles. The Labute approximate surface area is 162 Å². The zero-order valence-electron chi connectivity index (χ0n) is 15.4. The van der Waals surface area contributed by atoms with Crippen molar-refractivity contribution >= 4 is 28.6 Å². The van der Waals surface area contributed by atoms with Gasteiger partial charge in [0.25, 0.3) is 5.91 Å². The quantitative estimate of drug-likeness (QED) is 0.745. The van der Waals surface area contributed by atoms with Gasteiger partial charge in [-0.3, -0.25) is 4.79 Å². The maximum absolute atomic E-state index is 12.9. The molecule has 4 rings (SSSR count). The molecule has 0 atom stereocenters. The number of hydrogen-bond acceptors (Lipinski definition) is 6. The van der Waals surface area contributed by atoms with Gasteiger partial charge in [-0.2, -0.15) is 0 Å². The van der Waals surface area contributed by atoms with Crippen molar-refractivity contribution in [3.8, 4) is 10.8 Å². The highest BCUT2D eigenvalue weighted by molar-refractivity contribution is 7.15. The molecule has 0 bridgehead atoms. The van der Waals surface area contributed by atoms with E-state index in [1.807, 2.05) is 37.3 Å². The van der Waals surface area contributed by atoms with Gasteiger partial charge < -0.3 is 19.5 Å². The molecule has 140 valence electrons. The number of aromatic nitrogens is 1. The largest absolute Gasteiger partial charge is 0.462 e. The van der Waals surface area contributed by atoms with Crippen LogP contribution in [-0.2, 0) is 0 Å². The Bertz CT molecular complexity index is 927. The molecule has 0 aliphatic carbocycles. The molecule has 2 aromatic heterocycles. The number of benzene rings is 1. The topological polar surface area (TPSA) is 61.6 Å². The smallest absolute Gasteiger partial charge is 0.275 e. The number of hydrogen-bond donors (Lipinski definition) is 1. The molecule has 3 aromatic rings. The van der Waals surface area contributed by atoms with E-state index >= 15 is 0 Å².